The molecule has 1 heterocycles. The molecule has 25 heavy (non-hydrogen) atoms. The highest BCUT2D eigenvalue weighted by Gasteiger charge is 2.38. The Bertz CT molecular complexity index is 745. The van der Waals surface area contributed by atoms with Crippen molar-refractivity contribution in [2.24, 2.45) is 0 Å². The summed E-state index contributed by atoms with van der Waals surface area (Å²) in [5.74, 6) is -5.74. The number of nitrogens with zero attached hydrogens (tertiary/aromatic N) is 1. The average Bonchev–Trinajstić information content (AvgIpc) is 2.96. The van der Waals surface area contributed by atoms with Crippen molar-refractivity contribution in [1.29, 1.82) is 0 Å². The number of carbonyl (C=O) groups is 2. The molecule has 1 amide bonds. The van der Waals surface area contributed by atoms with E-state index in [0.29, 0.717) is 12.8 Å². The third-order valence-electron chi connectivity index (χ3n) is 4.24. The monoisotopic (exact) mass is 353 g/mol. The van der Waals surface area contributed by atoms with Crippen LogP contribution in [-0.2, 0) is 9.59 Å². The Morgan fingerprint density at radius 2 is 1.96 bits per heavy atom. The highest BCUT2D eigenvalue weighted by atomic mass is 19.2. The van der Waals surface area contributed by atoms with Gasteiger partial charge in [-0.25, -0.2) is 18.0 Å². The Kier molecular flexibility index (Phi) is 5.66. The van der Waals surface area contributed by atoms with Crippen LogP contribution in [-0.4, -0.2) is 27.9 Å². The van der Waals surface area contributed by atoms with Crippen LogP contribution in [0.1, 0.15) is 37.8 Å². The molecule has 0 aromatic heterocycles. The van der Waals surface area contributed by atoms with Crippen LogP contribution >= 0.6 is 0 Å². The molecule has 0 bridgehead atoms. The zero-order valence-corrected chi connectivity index (χ0v) is 13.6. The van der Waals surface area contributed by atoms with Gasteiger partial charge in [0, 0.05) is 17.6 Å². The fourth-order valence-corrected chi connectivity index (χ4v) is 3.05. The molecule has 2 atom stereocenters. The van der Waals surface area contributed by atoms with Gasteiger partial charge in [-0.3, -0.25) is 4.79 Å². The normalized spacial score (nSPS) is 20.6. The summed E-state index contributed by atoms with van der Waals surface area (Å²) in [6.45, 7) is 4.88. The summed E-state index contributed by atoms with van der Waals surface area (Å²) in [7, 11) is 0. The molecule has 0 spiro atoms. The maximum absolute atomic E-state index is 14.2. The van der Waals surface area contributed by atoms with E-state index < -0.39 is 35.5 Å². The van der Waals surface area contributed by atoms with E-state index >= 15 is 0 Å². The number of halogens is 3. The summed E-state index contributed by atoms with van der Waals surface area (Å²) < 4.78 is 40.9. The number of carboxylic acid groups (broad SMARTS) is 1. The molecule has 1 aliphatic rings. The number of carboxylic acids is 1. The molecule has 1 saturated heterocycles. The molecule has 0 unspecified atom stereocenters. The number of hydrogen-bond acceptors (Lipinski definition) is 2. The van der Waals surface area contributed by atoms with Gasteiger partial charge in [0.1, 0.15) is 0 Å². The van der Waals surface area contributed by atoms with Gasteiger partial charge in [-0.1, -0.05) is 18.2 Å². The number of amides is 1. The van der Waals surface area contributed by atoms with Gasteiger partial charge in [-0.05, 0) is 25.8 Å². The molecule has 1 aliphatic heterocycles. The Morgan fingerprint density at radius 3 is 2.56 bits per heavy atom. The first-order chi connectivity index (χ1) is 11.8. The van der Waals surface area contributed by atoms with Gasteiger partial charge in [0.05, 0.1) is 12.1 Å². The SMILES string of the molecule is C=CCC(=O)N1[C@@H](/C=C(\C)C(=O)O)CC[C@H]1c1ccc(F)c(F)c1F. The fraction of sp³-hybridized carbons (Fsp3) is 0.333. The molecule has 4 nitrogen and oxygen atoms in total. The van der Waals surface area contributed by atoms with Crippen LogP contribution in [0.25, 0.3) is 0 Å². The lowest BCUT2D eigenvalue weighted by atomic mass is 10.0. The molecule has 134 valence electrons. The maximum atomic E-state index is 14.2. The lowest BCUT2D eigenvalue weighted by Gasteiger charge is -2.29. The molecular formula is C18H18F3NO3. The third kappa shape index (κ3) is 3.75. The minimum Gasteiger partial charge on any atom is -0.478 e. The minimum absolute atomic E-state index is 0.0295. The van der Waals surface area contributed by atoms with Crippen LogP contribution in [0.15, 0.2) is 36.4 Å². The second-order valence-electron chi connectivity index (χ2n) is 5.87. The summed E-state index contributed by atoms with van der Waals surface area (Å²) in [4.78, 5) is 24.8. The molecule has 1 N–H and O–H groups in total. The van der Waals surface area contributed by atoms with E-state index in [-0.39, 0.29) is 23.5 Å². The molecule has 7 heteroatoms. The van der Waals surface area contributed by atoms with Crippen LogP contribution in [0, 0.1) is 17.5 Å². The van der Waals surface area contributed by atoms with Crippen molar-refractivity contribution in [2.75, 3.05) is 0 Å². The van der Waals surface area contributed by atoms with Crippen molar-refractivity contribution in [3.8, 4) is 0 Å². The van der Waals surface area contributed by atoms with Crippen molar-refractivity contribution in [2.45, 2.75) is 38.3 Å². The number of aliphatic carboxylic acids is 1. The summed E-state index contributed by atoms with van der Waals surface area (Å²) in [6, 6.07) is 0.560. The van der Waals surface area contributed by atoms with E-state index in [9.17, 15) is 22.8 Å². The van der Waals surface area contributed by atoms with Gasteiger partial charge in [0.25, 0.3) is 0 Å². The van der Waals surface area contributed by atoms with Crippen LogP contribution in [0.5, 0.6) is 0 Å². The van der Waals surface area contributed by atoms with Gasteiger partial charge in [-0.15, -0.1) is 6.58 Å². The van der Waals surface area contributed by atoms with Crippen molar-refractivity contribution in [3.63, 3.8) is 0 Å². The fourth-order valence-electron chi connectivity index (χ4n) is 3.05. The largest absolute Gasteiger partial charge is 0.478 e. The maximum Gasteiger partial charge on any atom is 0.331 e. The van der Waals surface area contributed by atoms with Crippen molar-refractivity contribution in [3.05, 3.63) is 59.5 Å². The average molecular weight is 353 g/mol. The van der Waals surface area contributed by atoms with Crippen molar-refractivity contribution in [1.82, 2.24) is 4.90 Å². The lowest BCUT2D eigenvalue weighted by Crippen LogP contribution is -2.36. The first-order valence-electron chi connectivity index (χ1n) is 7.75. The third-order valence-corrected chi connectivity index (χ3v) is 4.24. The molecule has 2 rings (SSSR count). The molecule has 1 aromatic carbocycles. The Hall–Kier alpha value is -2.57. The summed E-state index contributed by atoms with van der Waals surface area (Å²) in [5.41, 5.74) is -0.0759. The first-order valence-corrected chi connectivity index (χ1v) is 7.75. The number of likely N-dealkylation sites (tertiary alicyclic amines) is 1. The van der Waals surface area contributed by atoms with E-state index in [1.54, 1.807) is 0 Å². The van der Waals surface area contributed by atoms with Crippen molar-refractivity contribution >= 4 is 11.9 Å². The molecule has 0 saturated carbocycles. The highest BCUT2D eigenvalue weighted by molar-refractivity contribution is 5.86. The van der Waals surface area contributed by atoms with Crippen LogP contribution in [0.3, 0.4) is 0 Å². The summed E-state index contributed by atoms with van der Waals surface area (Å²) >= 11 is 0. The van der Waals surface area contributed by atoms with E-state index in [2.05, 4.69) is 6.58 Å². The summed E-state index contributed by atoms with van der Waals surface area (Å²) in [6.07, 6.45) is 3.46. The Labute approximate surface area is 143 Å². The summed E-state index contributed by atoms with van der Waals surface area (Å²) in [5, 5.41) is 9.03. The lowest BCUT2D eigenvalue weighted by molar-refractivity contribution is -0.134. The predicted octanol–water partition coefficient (Wildman–Crippen LogP) is 3.74. The highest BCUT2D eigenvalue weighted by Crippen LogP contribution is 2.39. The van der Waals surface area contributed by atoms with Crippen LogP contribution in [0.2, 0.25) is 0 Å². The standard InChI is InChI=1S/C18H18F3NO3/c1-3-4-15(23)22-11(9-10(2)18(24)25)5-8-14(22)12-6-7-13(19)17(21)16(12)20/h3,6-7,9,11,14H,1,4-5,8H2,2H3,(H,24,25)/b10-9+/t11-,14+/m1/s1. The van der Waals surface area contributed by atoms with E-state index in [4.69, 9.17) is 5.11 Å². The first kappa shape index (κ1) is 18.8. The molecule has 0 radical (unpaired) electrons. The number of hydrogen-bond donors (Lipinski definition) is 1. The number of carbonyl (C=O) groups excluding carboxylic acids is 1. The zero-order valence-electron chi connectivity index (χ0n) is 13.6. The molecular weight excluding hydrogens is 335 g/mol. The Morgan fingerprint density at radius 1 is 1.28 bits per heavy atom. The minimum atomic E-state index is -1.59. The zero-order chi connectivity index (χ0) is 18.7. The number of benzene rings is 1. The molecule has 0 aliphatic carbocycles. The van der Waals surface area contributed by atoms with E-state index in [1.165, 1.54) is 24.0 Å². The van der Waals surface area contributed by atoms with E-state index in [0.717, 1.165) is 12.1 Å². The van der Waals surface area contributed by atoms with Crippen molar-refractivity contribution < 1.29 is 27.9 Å². The quantitative estimate of drug-likeness (QED) is 0.498. The molecule has 1 fully saturated rings. The van der Waals surface area contributed by atoms with Gasteiger partial charge >= 0.3 is 5.97 Å². The smallest absolute Gasteiger partial charge is 0.331 e. The van der Waals surface area contributed by atoms with Gasteiger partial charge in [0.15, 0.2) is 17.5 Å². The topological polar surface area (TPSA) is 57.6 Å². The number of rotatable bonds is 5. The second kappa shape index (κ2) is 7.55. The predicted molar refractivity (Wildman–Crippen MR) is 85.1 cm³/mol. The second-order valence-corrected chi connectivity index (χ2v) is 5.87. The van der Waals surface area contributed by atoms with Gasteiger partial charge < -0.3 is 10.0 Å². The van der Waals surface area contributed by atoms with Gasteiger partial charge in [0.2, 0.25) is 5.91 Å². The molecule has 1 aromatic rings. The van der Waals surface area contributed by atoms with Crippen LogP contribution < -0.4 is 0 Å². The van der Waals surface area contributed by atoms with Gasteiger partial charge in [-0.2, -0.15) is 0 Å². The van der Waals surface area contributed by atoms with Crippen LogP contribution in [0.4, 0.5) is 13.2 Å². The van der Waals surface area contributed by atoms with E-state index in [1.807, 2.05) is 0 Å². The Balaban J connectivity index is 2.45.